The third kappa shape index (κ3) is 5.72. The van der Waals surface area contributed by atoms with Crippen LogP contribution in [0.4, 0.5) is 5.13 Å². The molecule has 0 saturated heterocycles. The molecule has 0 bridgehead atoms. The SMILES string of the molecule is C=CCn1c(SCC(=O)Nc2nc(-c3ccc(C)cc3)cs2)nnc1-c1ccc(OC)c(OC)c1. The molecule has 0 aliphatic rings. The largest absolute Gasteiger partial charge is 0.493 e. The highest BCUT2D eigenvalue weighted by Crippen LogP contribution is 2.33. The number of amides is 1. The van der Waals surface area contributed by atoms with Crippen LogP contribution in [0.1, 0.15) is 5.56 Å². The summed E-state index contributed by atoms with van der Waals surface area (Å²) in [6.45, 7) is 6.37. The minimum Gasteiger partial charge on any atom is -0.493 e. The summed E-state index contributed by atoms with van der Waals surface area (Å²) < 4.78 is 12.6. The number of benzene rings is 2. The summed E-state index contributed by atoms with van der Waals surface area (Å²) >= 11 is 2.70. The first-order valence-electron chi connectivity index (χ1n) is 10.7. The molecule has 1 amide bonds. The van der Waals surface area contributed by atoms with Gasteiger partial charge in [0.15, 0.2) is 27.6 Å². The lowest BCUT2D eigenvalue weighted by Gasteiger charge is -2.11. The molecule has 180 valence electrons. The fourth-order valence-electron chi connectivity index (χ4n) is 3.35. The van der Waals surface area contributed by atoms with Crippen molar-refractivity contribution in [3.05, 3.63) is 66.1 Å². The van der Waals surface area contributed by atoms with Crippen LogP contribution >= 0.6 is 23.1 Å². The first-order chi connectivity index (χ1) is 17.0. The lowest BCUT2D eigenvalue weighted by Crippen LogP contribution is -2.14. The molecule has 0 fully saturated rings. The second-order valence-electron chi connectivity index (χ2n) is 7.52. The summed E-state index contributed by atoms with van der Waals surface area (Å²) in [5.74, 6) is 1.88. The third-order valence-corrected chi connectivity index (χ3v) is 6.82. The van der Waals surface area contributed by atoms with Crippen LogP contribution in [0.2, 0.25) is 0 Å². The van der Waals surface area contributed by atoms with Crippen LogP contribution in [0.25, 0.3) is 22.6 Å². The van der Waals surface area contributed by atoms with E-state index in [4.69, 9.17) is 9.47 Å². The predicted octanol–water partition coefficient (Wildman–Crippen LogP) is 5.31. The van der Waals surface area contributed by atoms with E-state index in [1.807, 2.05) is 59.3 Å². The Morgan fingerprint density at radius 1 is 1.11 bits per heavy atom. The summed E-state index contributed by atoms with van der Waals surface area (Å²) in [6, 6.07) is 13.7. The highest BCUT2D eigenvalue weighted by molar-refractivity contribution is 7.99. The lowest BCUT2D eigenvalue weighted by molar-refractivity contribution is -0.113. The topological polar surface area (TPSA) is 91.2 Å². The van der Waals surface area contributed by atoms with E-state index >= 15 is 0 Å². The molecule has 0 saturated carbocycles. The molecule has 0 aliphatic carbocycles. The van der Waals surface area contributed by atoms with Crippen LogP contribution in [0.15, 0.2) is 65.7 Å². The van der Waals surface area contributed by atoms with Crippen LogP contribution in [0.3, 0.4) is 0 Å². The van der Waals surface area contributed by atoms with E-state index in [9.17, 15) is 4.79 Å². The van der Waals surface area contributed by atoms with Crippen molar-refractivity contribution in [1.82, 2.24) is 19.7 Å². The van der Waals surface area contributed by atoms with Crippen LogP contribution < -0.4 is 14.8 Å². The van der Waals surface area contributed by atoms with Gasteiger partial charge in [-0.3, -0.25) is 9.36 Å². The number of carbonyl (C=O) groups excluding carboxylic acids is 1. The zero-order chi connectivity index (χ0) is 24.8. The lowest BCUT2D eigenvalue weighted by atomic mass is 10.1. The average molecular weight is 508 g/mol. The standard InChI is InChI=1S/C25H25N5O3S2/c1-5-12-30-23(18-10-11-20(32-3)21(13-18)33-4)28-29-25(30)35-15-22(31)27-24-26-19(14-34-24)17-8-6-16(2)7-9-17/h5-11,13-14H,1,12,15H2,2-4H3,(H,26,27,31). The molecule has 0 aliphatic heterocycles. The minimum absolute atomic E-state index is 0.166. The number of methoxy groups -OCH3 is 2. The molecule has 0 atom stereocenters. The van der Waals surface area contributed by atoms with Gasteiger partial charge >= 0.3 is 0 Å². The molecule has 2 heterocycles. The van der Waals surface area contributed by atoms with Crippen molar-refractivity contribution in [3.63, 3.8) is 0 Å². The zero-order valence-corrected chi connectivity index (χ0v) is 21.3. The van der Waals surface area contributed by atoms with Crippen molar-refractivity contribution in [1.29, 1.82) is 0 Å². The first-order valence-corrected chi connectivity index (χ1v) is 12.6. The van der Waals surface area contributed by atoms with Gasteiger partial charge in [-0.25, -0.2) is 4.98 Å². The van der Waals surface area contributed by atoms with Crippen molar-refractivity contribution in [2.45, 2.75) is 18.6 Å². The maximum absolute atomic E-state index is 12.6. The number of carbonyl (C=O) groups is 1. The summed E-state index contributed by atoms with van der Waals surface area (Å²) in [7, 11) is 3.18. The van der Waals surface area contributed by atoms with E-state index in [2.05, 4.69) is 27.1 Å². The molecule has 1 N–H and O–H groups in total. The normalized spacial score (nSPS) is 10.7. The number of aromatic nitrogens is 4. The number of nitrogens with zero attached hydrogens (tertiary/aromatic N) is 4. The summed E-state index contributed by atoms with van der Waals surface area (Å²) in [5, 5.41) is 14.6. The van der Waals surface area contributed by atoms with Crippen molar-refractivity contribution in [2.75, 3.05) is 25.3 Å². The number of hydrogen-bond donors (Lipinski definition) is 1. The summed E-state index contributed by atoms with van der Waals surface area (Å²) in [6.07, 6.45) is 1.76. The van der Waals surface area contributed by atoms with E-state index in [1.54, 1.807) is 20.3 Å². The molecule has 10 heteroatoms. The van der Waals surface area contributed by atoms with Gasteiger partial charge in [0.2, 0.25) is 5.91 Å². The Balaban J connectivity index is 1.44. The molecule has 0 unspecified atom stereocenters. The second kappa shape index (κ2) is 11.2. The Morgan fingerprint density at radius 3 is 2.57 bits per heavy atom. The van der Waals surface area contributed by atoms with Crippen molar-refractivity contribution in [3.8, 4) is 34.1 Å². The molecule has 2 aromatic heterocycles. The maximum atomic E-state index is 12.6. The molecule has 0 spiro atoms. The summed E-state index contributed by atoms with van der Waals surface area (Å²) in [5.41, 5.74) is 3.86. The molecule has 35 heavy (non-hydrogen) atoms. The number of nitrogens with one attached hydrogen (secondary N) is 1. The molecule has 4 aromatic rings. The maximum Gasteiger partial charge on any atom is 0.236 e. The Kier molecular flexibility index (Phi) is 7.84. The van der Waals surface area contributed by atoms with Crippen LogP contribution in [-0.4, -0.2) is 45.6 Å². The van der Waals surface area contributed by atoms with Gasteiger partial charge in [-0.15, -0.1) is 28.1 Å². The van der Waals surface area contributed by atoms with Crippen molar-refractivity contribution < 1.29 is 14.3 Å². The van der Waals surface area contributed by atoms with Gasteiger partial charge in [-0.2, -0.15) is 0 Å². The Morgan fingerprint density at radius 2 is 1.86 bits per heavy atom. The van der Waals surface area contributed by atoms with Gasteiger partial charge in [0.25, 0.3) is 0 Å². The highest BCUT2D eigenvalue weighted by Gasteiger charge is 2.17. The number of ether oxygens (including phenoxy) is 2. The molecular formula is C25H25N5O3S2. The third-order valence-electron chi connectivity index (χ3n) is 5.10. The van der Waals surface area contributed by atoms with Crippen LogP contribution in [0, 0.1) is 6.92 Å². The van der Waals surface area contributed by atoms with Crippen LogP contribution in [0.5, 0.6) is 11.5 Å². The van der Waals surface area contributed by atoms with Gasteiger partial charge < -0.3 is 14.8 Å². The van der Waals surface area contributed by atoms with Gasteiger partial charge in [0.1, 0.15) is 0 Å². The number of rotatable bonds is 10. The van der Waals surface area contributed by atoms with Gasteiger partial charge in [0.05, 0.1) is 25.7 Å². The fourth-order valence-corrected chi connectivity index (χ4v) is 4.84. The zero-order valence-electron chi connectivity index (χ0n) is 19.6. The minimum atomic E-state index is -0.166. The first kappa shape index (κ1) is 24.5. The Bertz CT molecular complexity index is 1330. The predicted molar refractivity (Wildman–Crippen MR) is 140 cm³/mol. The van der Waals surface area contributed by atoms with E-state index in [1.165, 1.54) is 28.7 Å². The molecule has 0 radical (unpaired) electrons. The quantitative estimate of drug-likeness (QED) is 0.230. The Hall–Kier alpha value is -3.63. The van der Waals surface area contributed by atoms with E-state index in [0.29, 0.717) is 34.2 Å². The number of thioether (sulfide) groups is 1. The average Bonchev–Trinajstić information content (AvgIpc) is 3.50. The second-order valence-corrected chi connectivity index (χ2v) is 9.32. The molecule has 4 rings (SSSR count). The van der Waals surface area contributed by atoms with Crippen molar-refractivity contribution >= 4 is 34.1 Å². The number of thiazole rings is 1. The van der Waals surface area contributed by atoms with Gasteiger partial charge in [-0.1, -0.05) is 47.7 Å². The van der Waals surface area contributed by atoms with Gasteiger partial charge in [-0.05, 0) is 25.1 Å². The molecular weight excluding hydrogens is 482 g/mol. The van der Waals surface area contributed by atoms with E-state index in [-0.39, 0.29) is 11.7 Å². The number of allylic oxidation sites excluding steroid dienone is 1. The summed E-state index contributed by atoms with van der Waals surface area (Å²) in [4.78, 5) is 17.1. The van der Waals surface area contributed by atoms with E-state index < -0.39 is 0 Å². The van der Waals surface area contributed by atoms with E-state index in [0.717, 1.165) is 16.8 Å². The Labute approximate surface area is 212 Å². The number of aryl methyl sites for hydroxylation is 1. The monoisotopic (exact) mass is 507 g/mol. The van der Waals surface area contributed by atoms with Gasteiger partial charge in [0, 0.05) is 23.1 Å². The van der Waals surface area contributed by atoms with Crippen molar-refractivity contribution in [2.24, 2.45) is 0 Å². The molecule has 8 nitrogen and oxygen atoms in total. The number of anilines is 1. The number of hydrogen-bond acceptors (Lipinski definition) is 8. The molecule has 2 aromatic carbocycles. The fraction of sp³-hybridized carbons (Fsp3) is 0.200. The highest BCUT2D eigenvalue weighted by atomic mass is 32.2. The smallest absolute Gasteiger partial charge is 0.236 e. The van der Waals surface area contributed by atoms with Crippen LogP contribution in [-0.2, 0) is 11.3 Å².